The summed E-state index contributed by atoms with van der Waals surface area (Å²) in [6.07, 6.45) is 8.13. The summed E-state index contributed by atoms with van der Waals surface area (Å²) in [5.41, 5.74) is -0.646. The van der Waals surface area contributed by atoms with Gasteiger partial charge in [-0.05, 0) is 94.3 Å². The molecule has 2 aliphatic carbocycles. The van der Waals surface area contributed by atoms with Gasteiger partial charge in [-0.15, -0.1) is 0 Å². The maximum Gasteiger partial charge on any atom is 0.140 e. The van der Waals surface area contributed by atoms with Gasteiger partial charge < -0.3 is 10.1 Å². The van der Waals surface area contributed by atoms with Crippen molar-refractivity contribution in [2.24, 2.45) is 23.7 Å². The molecule has 0 heterocycles. The molecular weight excluding hydrogens is 371 g/mol. The van der Waals surface area contributed by atoms with Crippen molar-refractivity contribution in [1.29, 1.82) is 0 Å². The molecule has 158 valence electrons. The average Bonchev–Trinajstić information content (AvgIpc) is 2.67. The lowest BCUT2D eigenvalue weighted by Gasteiger charge is -2.47. The zero-order valence-corrected chi connectivity index (χ0v) is 18.8. The minimum Gasteiger partial charge on any atom is -0.316 e. The van der Waals surface area contributed by atoms with Gasteiger partial charge in [0.05, 0.1) is 10.4 Å². The molecule has 28 heavy (non-hydrogen) atoms. The number of aldehydes is 1. The number of halogens is 1. The number of carbonyl (C=O) groups is 1. The third-order valence-electron chi connectivity index (χ3n) is 6.14. The van der Waals surface area contributed by atoms with Crippen molar-refractivity contribution in [1.82, 2.24) is 10.0 Å². The molecule has 5 heteroatoms. The monoisotopic (exact) mass is 408 g/mol. The molecule has 2 bridgehead atoms. The summed E-state index contributed by atoms with van der Waals surface area (Å²) in [7, 11) is 2.16. The molecule has 3 rings (SSSR count). The van der Waals surface area contributed by atoms with E-state index in [0.717, 1.165) is 47.9 Å². The SMILES string of the molecule is CC(C)(C=O)NSc1ccccc1F.CCC1CC2CC(C)CC(C2)C1NC. The smallest absolute Gasteiger partial charge is 0.140 e. The molecule has 2 saturated carbocycles. The summed E-state index contributed by atoms with van der Waals surface area (Å²) < 4.78 is 16.0. The highest BCUT2D eigenvalue weighted by molar-refractivity contribution is 7.97. The zero-order valence-electron chi connectivity index (χ0n) is 18.0. The molecule has 5 atom stereocenters. The van der Waals surface area contributed by atoms with Gasteiger partial charge in [-0.25, -0.2) is 9.11 Å². The number of nitrogens with one attached hydrogen (secondary N) is 2. The van der Waals surface area contributed by atoms with Gasteiger partial charge in [0.2, 0.25) is 0 Å². The van der Waals surface area contributed by atoms with Gasteiger partial charge in [-0.1, -0.05) is 32.4 Å². The number of carbonyl (C=O) groups excluding carboxylic acids is 1. The number of benzene rings is 1. The van der Waals surface area contributed by atoms with Crippen LogP contribution in [0.25, 0.3) is 0 Å². The fraction of sp³-hybridized carbons (Fsp3) is 0.696. The highest BCUT2D eigenvalue weighted by Gasteiger charge is 2.40. The van der Waals surface area contributed by atoms with E-state index in [1.54, 1.807) is 32.0 Å². The van der Waals surface area contributed by atoms with Crippen LogP contribution < -0.4 is 10.0 Å². The summed E-state index contributed by atoms with van der Waals surface area (Å²) in [5.74, 6) is 3.68. The van der Waals surface area contributed by atoms with Crippen LogP contribution >= 0.6 is 11.9 Å². The van der Waals surface area contributed by atoms with Gasteiger partial charge in [-0.2, -0.15) is 0 Å². The van der Waals surface area contributed by atoms with Crippen LogP contribution in [0, 0.1) is 29.5 Å². The van der Waals surface area contributed by atoms with Crippen molar-refractivity contribution < 1.29 is 9.18 Å². The minimum absolute atomic E-state index is 0.285. The molecule has 0 spiro atoms. The first-order valence-electron chi connectivity index (χ1n) is 10.6. The molecule has 1 aromatic rings. The second-order valence-corrected chi connectivity index (χ2v) is 9.98. The average molecular weight is 409 g/mol. The van der Waals surface area contributed by atoms with Gasteiger partial charge in [0.25, 0.3) is 0 Å². The Hall–Kier alpha value is -0.910. The standard InChI is InChI=1S/C13H25N.C10H12FNOS/c1-4-11-7-10-5-9(2)6-12(8-10)13(11)14-3;1-10(2,7-13)12-14-9-6-4-3-5-8(9)11/h9-14H,4-8H2,1-3H3;3-7,12H,1-2H3. The highest BCUT2D eigenvalue weighted by atomic mass is 32.2. The molecule has 5 unspecified atom stereocenters. The molecular formula is C23H37FN2OS. The van der Waals surface area contributed by atoms with E-state index in [1.807, 2.05) is 0 Å². The Bertz CT molecular complexity index is 622. The molecule has 0 saturated heterocycles. The van der Waals surface area contributed by atoms with Crippen LogP contribution in [0.1, 0.15) is 59.8 Å². The Labute approximate surface area is 174 Å². The van der Waals surface area contributed by atoms with E-state index in [2.05, 4.69) is 30.9 Å². The Morgan fingerprint density at radius 2 is 1.93 bits per heavy atom. The molecule has 0 radical (unpaired) electrons. The summed E-state index contributed by atoms with van der Waals surface area (Å²) >= 11 is 1.12. The second kappa shape index (κ2) is 10.7. The van der Waals surface area contributed by atoms with Crippen LogP contribution in [0.3, 0.4) is 0 Å². The van der Waals surface area contributed by atoms with Crippen LogP contribution in [-0.4, -0.2) is 24.9 Å². The molecule has 0 amide bonds. The van der Waals surface area contributed by atoms with E-state index in [1.165, 1.54) is 38.2 Å². The Morgan fingerprint density at radius 3 is 2.54 bits per heavy atom. The van der Waals surface area contributed by atoms with E-state index in [0.29, 0.717) is 4.90 Å². The van der Waals surface area contributed by atoms with Gasteiger partial charge in [0, 0.05) is 6.04 Å². The van der Waals surface area contributed by atoms with Crippen molar-refractivity contribution >= 4 is 18.2 Å². The number of fused-ring (bicyclic) bond motifs is 2. The molecule has 1 aromatic carbocycles. The second-order valence-electron chi connectivity index (χ2n) is 9.13. The van der Waals surface area contributed by atoms with Crippen LogP contribution in [0.15, 0.2) is 29.2 Å². The topological polar surface area (TPSA) is 41.1 Å². The largest absolute Gasteiger partial charge is 0.316 e. The molecule has 2 fully saturated rings. The predicted octanol–water partition coefficient (Wildman–Crippen LogP) is 5.46. The highest BCUT2D eigenvalue weighted by Crippen LogP contribution is 2.45. The van der Waals surface area contributed by atoms with Crippen molar-refractivity contribution in [3.63, 3.8) is 0 Å². The number of hydrogen-bond acceptors (Lipinski definition) is 4. The summed E-state index contributed by atoms with van der Waals surface area (Å²) in [6, 6.07) is 7.25. The van der Waals surface area contributed by atoms with E-state index in [-0.39, 0.29) is 5.82 Å². The molecule has 0 aliphatic heterocycles. The van der Waals surface area contributed by atoms with Crippen LogP contribution in [-0.2, 0) is 4.79 Å². The summed E-state index contributed by atoms with van der Waals surface area (Å²) in [4.78, 5) is 11.1. The van der Waals surface area contributed by atoms with Crippen molar-refractivity contribution in [3.05, 3.63) is 30.1 Å². The first-order chi connectivity index (χ1) is 13.3. The van der Waals surface area contributed by atoms with E-state index in [9.17, 15) is 9.18 Å². The van der Waals surface area contributed by atoms with Crippen LogP contribution in [0.4, 0.5) is 4.39 Å². The third-order valence-corrected chi connectivity index (χ3v) is 7.32. The normalized spacial score (nSPS) is 29.6. The molecule has 2 aliphatic rings. The van der Waals surface area contributed by atoms with Crippen molar-refractivity contribution in [2.75, 3.05) is 7.05 Å². The molecule has 0 aromatic heterocycles. The lowest BCUT2D eigenvalue weighted by molar-refractivity contribution is -0.111. The number of hydrogen-bond donors (Lipinski definition) is 2. The predicted molar refractivity (Wildman–Crippen MR) is 117 cm³/mol. The molecule has 3 nitrogen and oxygen atoms in total. The van der Waals surface area contributed by atoms with Gasteiger partial charge in [0.15, 0.2) is 0 Å². The summed E-state index contributed by atoms with van der Waals surface area (Å²) in [6.45, 7) is 8.26. The lowest BCUT2D eigenvalue weighted by Crippen LogP contribution is -2.48. The summed E-state index contributed by atoms with van der Waals surface area (Å²) in [5, 5.41) is 3.58. The van der Waals surface area contributed by atoms with Crippen molar-refractivity contribution in [3.8, 4) is 0 Å². The third kappa shape index (κ3) is 6.57. The van der Waals surface area contributed by atoms with Gasteiger partial charge in [-0.3, -0.25) is 0 Å². The Kier molecular flexibility index (Phi) is 8.97. The first-order valence-corrected chi connectivity index (χ1v) is 11.4. The Morgan fingerprint density at radius 1 is 1.21 bits per heavy atom. The van der Waals surface area contributed by atoms with Gasteiger partial charge in [0.1, 0.15) is 12.1 Å². The minimum atomic E-state index is -0.646. The lowest BCUT2D eigenvalue weighted by atomic mass is 9.62. The number of rotatable bonds is 6. The first kappa shape index (κ1) is 23.4. The zero-order chi connectivity index (χ0) is 20.7. The van der Waals surface area contributed by atoms with E-state index >= 15 is 0 Å². The Balaban J connectivity index is 0.000000200. The van der Waals surface area contributed by atoms with Crippen molar-refractivity contribution in [2.45, 2.75) is 76.3 Å². The van der Waals surface area contributed by atoms with E-state index in [4.69, 9.17) is 0 Å². The van der Waals surface area contributed by atoms with Gasteiger partial charge >= 0.3 is 0 Å². The maximum atomic E-state index is 13.1. The van der Waals surface area contributed by atoms with Crippen LogP contribution in [0.2, 0.25) is 0 Å². The fourth-order valence-corrected chi connectivity index (χ4v) is 5.61. The van der Waals surface area contributed by atoms with E-state index < -0.39 is 5.54 Å². The maximum absolute atomic E-state index is 13.1. The van der Waals surface area contributed by atoms with Crippen LogP contribution in [0.5, 0.6) is 0 Å². The fourth-order valence-electron chi connectivity index (χ4n) is 4.88. The quantitative estimate of drug-likeness (QED) is 0.485. The molecule has 2 N–H and O–H groups in total.